The normalized spacial score (nSPS) is 10.9. The molecule has 0 radical (unpaired) electrons. The summed E-state index contributed by atoms with van der Waals surface area (Å²) in [6, 6.07) is 16.2. The fourth-order valence-electron chi connectivity index (χ4n) is 2.01. The quantitative estimate of drug-likeness (QED) is 0.748. The van der Waals surface area contributed by atoms with Crippen LogP contribution in [0.25, 0.3) is 0 Å². The van der Waals surface area contributed by atoms with Crippen LogP contribution in [0.4, 0.5) is 0 Å². The fourth-order valence-corrected chi connectivity index (χ4v) is 2.48. The highest BCUT2D eigenvalue weighted by Crippen LogP contribution is 2.22. The summed E-state index contributed by atoms with van der Waals surface area (Å²) < 4.78 is 0. The van der Waals surface area contributed by atoms with E-state index in [0.717, 1.165) is 30.2 Å². The molecule has 0 aromatic heterocycles. The lowest BCUT2D eigenvalue weighted by atomic mass is 10.1. The Morgan fingerprint density at radius 1 is 0.947 bits per heavy atom. The van der Waals surface area contributed by atoms with Gasteiger partial charge in [-0.2, -0.15) is 0 Å². The number of halogens is 2. The maximum Gasteiger partial charge on any atom is 0.0465 e. The van der Waals surface area contributed by atoms with E-state index < -0.39 is 0 Å². The van der Waals surface area contributed by atoms with E-state index in [4.69, 9.17) is 23.2 Å². The van der Waals surface area contributed by atoms with Crippen LogP contribution in [0.5, 0.6) is 0 Å². The second-order valence-electron chi connectivity index (χ2n) is 4.52. The van der Waals surface area contributed by atoms with Crippen molar-refractivity contribution in [2.24, 2.45) is 0 Å². The molecule has 0 bridgehead atoms. The van der Waals surface area contributed by atoms with Crippen molar-refractivity contribution in [1.29, 1.82) is 0 Å². The Labute approximate surface area is 124 Å². The number of nitrogens with zero attached hydrogens (tertiary/aromatic N) is 1. The number of rotatable bonds is 5. The summed E-state index contributed by atoms with van der Waals surface area (Å²) in [4.78, 5) is 2.35. The van der Waals surface area contributed by atoms with Gasteiger partial charge in [0.1, 0.15) is 0 Å². The maximum atomic E-state index is 6.22. The monoisotopic (exact) mass is 293 g/mol. The van der Waals surface area contributed by atoms with Crippen molar-refractivity contribution in [2.45, 2.75) is 20.0 Å². The molecule has 0 aliphatic rings. The largest absolute Gasteiger partial charge is 0.295 e. The Kier molecular flexibility index (Phi) is 5.26. The topological polar surface area (TPSA) is 3.24 Å². The molecule has 1 nitrogen and oxygen atoms in total. The van der Waals surface area contributed by atoms with E-state index in [9.17, 15) is 0 Å². The van der Waals surface area contributed by atoms with Crippen molar-refractivity contribution in [1.82, 2.24) is 4.90 Å². The van der Waals surface area contributed by atoms with Crippen LogP contribution in [0, 0.1) is 0 Å². The van der Waals surface area contributed by atoms with Gasteiger partial charge in [0.25, 0.3) is 0 Å². The van der Waals surface area contributed by atoms with E-state index >= 15 is 0 Å². The summed E-state index contributed by atoms with van der Waals surface area (Å²) in [5.41, 5.74) is 2.43. The lowest BCUT2D eigenvalue weighted by Gasteiger charge is -2.21. The van der Waals surface area contributed by atoms with Gasteiger partial charge in [0.15, 0.2) is 0 Å². The molecule has 0 atom stereocenters. The molecule has 0 amide bonds. The Balaban J connectivity index is 2.06. The SMILES string of the molecule is CCN(Cc1ccccc1)Cc1ccc(Cl)cc1Cl. The molecule has 0 N–H and O–H groups in total. The van der Waals surface area contributed by atoms with E-state index in [-0.39, 0.29) is 0 Å². The molecular weight excluding hydrogens is 277 g/mol. The van der Waals surface area contributed by atoms with Gasteiger partial charge in [-0.25, -0.2) is 0 Å². The Morgan fingerprint density at radius 2 is 1.68 bits per heavy atom. The first-order valence-corrected chi connectivity index (χ1v) is 7.15. The zero-order valence-electron chi connectivity index (χ0n) is 10.9. The molecule has 2 aromatic carbocycles. The number of benzene rings is 2. The van der Waals surface area contributed by atoms with E-state index in [1.54, 1.807) is 6.07 Å². The molecule has 0 fully saturated rings. The van der Waals surface area contributed by atoms with Gasteiger partial charge in [-0.1, -0.05) is 66.5 Å². The average molecular weight is 294 g/mol. The smallest absolute Gasteiger partial charge is 0.0465 e. The van der Waals surface area contributed by atoms with Crippen molar-refractivity contribution in [3.63, 3.8) is 0 Å². The van der Waals surface area contributed by atoms with Gasteiger partial charge in [-0.15, -0.1) is 0 Å². The van der Waals surface area contributed by atoms with Gasteiger partial charge in [0.05, 0.1) is 0 Å². The van der Waals surface area contributed by atoms with Crippen molar-refractivity contribution < 1.29 is 0 Å². The van der Waals surface area contributed by atoms with E-state index in [1.165, 1.54) is 5.56 Å². The van der Waals surface area contributed by atoms with Crippen LogP contribution in [0.1, 0.15) is 18.1 Å². The molecule has 0 aliphatic carbocycles. The van der Waals surface area contributed by atoms with Crippen LogP contribution in [0.15, 0.2) is 48.5 Å². The van der Waals surface area contributed by atoms with Gasteiger partial charge in [-0.3, -0.25) is 4.90 Å². The zero-order chi connectivity index (χ0) is 13.7. The number of hydrogen-bond acceptors (Lipinski definition) is 1. The van der Waals surface area contributed by atoms with Crippen LogP contribution in [0.3, 0.4) is 0 Å². The molecule has 3 heteroatoms. The molecule has 0 unspecified atom stereocenters. The Morgan fingerprint density at radius 3 is 2.32 bits per heavy atom. The van der Waals surface area contributed by atoms with E-state index in [1.807, 2.05) is 18.2 Å². The molecule has 100 valence electrons. The fraction of sp³-hybridized carbons (Fsp3) is 0.250. The van der Waals surface area contributed by atoms with Crippen molar-refractivity contribution >= 4 is 23.2 Å². The van der Waals surface area contributed by atoms with Crippen LogP contribution in [-0.2, 0) is 13.1 Å². The number of hydrogen-bond donors (Lipinski definition) is 0. The first-order valence-electron chi connectivity index (χ1n) is 6.39. The molecule has 0 saturated carbocycles. The lowest BCUT2D eigenvalue weighted by molar-refractivity contribution is 0.271. The zero-order valence-corrected chi connectivity index (χ0v) is 12.5. The lowest BCUT2D eigenvalue weighted by Crippen LogP contribution is -2.22. The van der Waals surface area contributed by atoms with Crippen molar-refractivity contribution in [2.75, 3.05) is 6.54 Å². The summed E-state index contributed by atoms with van der Waals surface area (Å²) in [6.07, 6.45) is 0. The van der Waals surface area contributed by atoms with Gasteiger partial charge >= 0.3 is 0 Å². The van der Waals surface area contributed by atoms with Gasteiger partial charge in [0, 0.05) is 23.1 Å². The summed E-state index contributed by atoms with van der Waals surface area (Å²) in [5, 5.41) is 1.42. The van der Waals surface area contributed by atoms with Crippen LogP contribution in [0.2, 0.25) is 10.0 Å². The Bertz CT molecular complexity index is 526. The van der Waals surface area contributed by atoms with Crippen LogP contribution < -0.4 is 0 Å². The van der Waals surface area contributed by atoms with Gasteiger partial charge in [-0.05, 0) is 29.8 Å². The van der Waals surface area contributed by atoms with Crippen molar-refractivity contribution in [3.8, 4) is 0 Å². The maximum absolute atomic E-state index is 6.22. The third kappa shape index (κ3) is 4.24. The third-order valence-electron chi connectivity index (χ3n) is 3.11. The highest BCUT2D eigenvalue weighted by atomic mass is 35.5. The Hall–Kier alpha value is -1.02. The first-order chi connectivity index (χ1) is 9.19. The molecule has 2 aromatic rings. The summed E-state index contributed by atoms with van der Waals surface area (Å²) in [7, 11) is 0. The van der Waals surface area contributed by atoms with Gasteiger partial charge < -0.3 is 0 Å². The van der Waals surface area contributed by atoms with E-state index in [2.05, 4.69) is 36.1 Å². The standard InChI is InChI=1S/C16H17Cl2N/c1-2-19(11-13-6-4-3-5-7-13)12-14-8-9-15(17)10-16(14)18/h3-10H,2,11-12H2,1H3. The molecule has 2 rings (SSSR count). The van der Waals surface area contributed by atoms with Gasteiger partial charge in [0.2, 0.25) is 0 Å². The second-order valence-corrected chi connectivity index (χ2v) is 5.37. The first kappa shape index (κ1) is 14.4. The average Bonchev–Trinajstić information content (AvgIpc) is 2.42. The summed E-state index contributed by atoms with van der Waals surface area (Å²) in [6.45, 7) is 4.90. The highest BCUT2D eigenvalue weighted by molar-refractivity contribution is 6.35. The third-order valence-corrected chi connectivity index (χ3v) is 3.69. The second kappa shape index (κ2) is 6.95. The highest BCUT2D eigenvalue weighted by Gasteiger charge is 2.08. The predicted molar refractivity (Wildman–Crippen MR) is 82.7 cm³/mol. The minimum atomic E-state index is 0.680. The summed E-state index contributed by atoms with van der Waals surface area (Å²) >= 11 is 12.1. The minimum Gasteiger partial charge on any atom is -0.295 e. The minimum absolute atomic E-state index is 0.680. The van der Waals surface area contributed by atoms with Crippen molar-refractivity contribution in [3.05, 3.63) is 69.7 Å². The molecule has 0 saturated heterocycles. The van der Waals surface area contributed by atoms with Crippen LogP contribution >= 0.6 is 23.2 Å². The molecular formula is C16H17Cl2N. The predicted octanol–water partition coefficient (Wildman–Crippen LogP) is 5.02. The molecule has 0 heterocycles. The molecule has 19 heavy (non-hydrogen) atoms. The molecule has 0 spiro atoms. The van der Waals surface area contributed by atoms with E-state index in [0.29, 0.717) is 5.02 Å². The molecule has 0 aliphatic heterocycles. The van der Waals surface area contributed by atoms with Crippen LogP contribution in [-0.4, -0.2) is 11.4 Å². The summed E-state index contributed by atoms with van der Waals surface area (Å²) in [5.74, 6) is 0.